The first-order valence-electron chi connectivity index (χ1n) is 11.1. The monoisotopic (exact) mass is 484 g/mol. The minimum atomic E-state index is -3.39. The molecule has 0 atom stereocenters. The first kappa shape index (κ1) is 24.2. The van der Waals surface area contributed by atoms with Crippen molar-refractivity contribution < 1.29 is 13.6 Å². The van der Waals surface area contributed by atoms with E-state index in [1.54, 1.807) is 0 Å². The number of fused-ring (bicyclic) bond motifs is 2. The summed E-state index contributed by atoms with van der Waals surface area (Å²) in [5, 5.41) is 0. The average Bonchev–Trinajstić information content (AvgIpc) is 3.12. The summed E-state index contributed by atoms with van der Waals surface area (Å²) in [6.07, 6.45) is 0. The minimum absolute atomic E-state index is 0.225. The molecule has 0 radical (unpaired) electrons. The van der Waals surface area contributed by atoms with Gasteiger partial charge in [0.05, 0.1) is 7.61 Å². The van der Waals surface area contributed by atoms with E-state index in [0.717, 1.165) is 11.4 Å². The lowest BCUT2D eigenvalue weighted by atomic mass is 9.84. The molecule has 0 bridgehead atoms. The molecule has 2 aliphatic rings. The highest BCUT2D eigenvalue weighted by molar-refractivity contribution is 8.31. The summed E-state index contributed by atoms with van der Waals surface area (Å²) in [4.78, 5) is 4.41. The Morgan fingerprint density at radius 2 is 1.12 bits per heavy atom. The Kier molecular flexibility index (Phi) is 6.16. The summed E-state index contributed by atoms with van der Waals surface area (Å²) in [5.74, 6) is 4.28. The molecule has 0 aliphatic carbocycles. The maximum Gasteiger partial charge on any atom is 0.356 e. The van der Waals surface area contributed by atoms with Crippen molar-refractivity contribution in [2.24, 2.45) is 0 Å². The van der Waals surface area contributed by atoms with E-state index >= 15 is 0 Å². The third kappa shape index (κ3) is 3.70. The average molecular weight is 485 g/mol. The summed E-state index contributed by atoms with van der Waals surface area (Å²) in [6.45, 7) is 8.86. The van der Waals surface area contributed by atoms with E-state index < -0.39 is 14.9 Å². The number of hydrogen-bond donors (Lipinski definition) is 0. The number of anilines is 2. The highest BCUT2D eigenvalue weighted by Gasteiger charge is 2.44. The first-order chi connectivity index (χ1) is 15.5. The van der Waals surface area contributed by atoms with Crippen LogP contribution in [0.2, 0.25) is 0 Å². The van der Waals surface area contributed by atoms with Crippen molar-refractivity contribution in [2.45, 2.75) is 38.5 Å². The van der Waals surface area contributed by atoms with Gasteiger partial charge in [-0.05, 0) is 34.9 Å². The molecule has 0 saturated heterocycles. The summed E-state index contributed by atoms with van der Waals surface area (Å²) >= 11 is 0. The molecule has 0 fully saturated rings. The molecule has 33 heavy (non-hydrogen) atoms. The van der Waals surface area contributed by atoms with Crippen LogP contribution in [0, 0.1) is 0 Å². The van der Waals surface area contributed by atoms with Crippen LogP contribution >= 0.6 is 14.9 Å². The molecule has 7 heteroatoms. The van der Waals surface area contributed by atoms with E-state index in [2.05, 4.69) is 112 Å². The molecule has 2 heterocycles. The zero-order valence-electron chi connectivity index (χ0n) is 20.8. The molecule has 0 saturated carbocycles. The van der Waals surface area contributed by atoms with Crippen molar-refractivity contribution in [1.82, 2.24) is 0 Å². The van der Waals surface area contributed by atoms with Crippen LogP contribution in [-0.4, -0.2) is 28.3 Å². The van der Waals surface area contributed by atoms with Crippen LogP contribution in [0.5, 0.6) is 0 Å². The van der Waals surface area contributed by atoms with Gasteiger partial charge < -0.3 is 18.8 Å². The Labute approximate surface area is 199 Å². The molecule has 0 amide bonds. The van der Waals surface area contributed by atoms with E-state index in [-0.39, 0.29) is 10.8 Å². The number of para-hydroxylation sites is 2. The van der Waals surface area contributed by atoms with E-state index in [9.17, 15) is 4.57 Å². The second kappa shape index (κ2) is 8.40. The lowest BCUT2D eigenvalue weighted by Gasteiger charge is -2.30. The van der Waals surface area contributed by atoms with Gasteiger partial charge in [0.1, 0.15) is 0 Å². The van der Waals surface area contributed by atoms with Crippen molar-refractivity contribution in [3.63, 3.8) is 0 Å². The van der Waals surface area contributed by atoms with Crippen LogP contribution in [0.4, 0.5) is 11.4 Å². The number of likely N-dealkylation sites (N-methyl/N-ethyl adjacent to an activating group) is 2. The van der Waals surface area contributed by atoms with Gasteiger partial charge in [0.2, 0.25) is 0 Å². The zero-order valence-corrected chi connectivity index (χ0v) is 22.6. The molecule has 2 aliphatic heterocycles. The zero-order chi connectivity index (χ0) is 24.2. The highest BCUT2D eigenvalue weighted by atomic mass is 32.1. The quantitative estimate of drug-likeness (QED) is 0.414. The fraction of sp³-hybridized carbons (Fsp3) is 0.385. The van der Waals surface area contributed by atoms with Crippen LogP contribution in [0.15, 0.2) is 71.6 Å². The molecule has 2 aromatic carbocycles. The maximum absolute atomic E-state index is 13.9. The van der Waals surface area contributed by atoms with Crippen molar-refractivity contribution in [2.75, 3.05) is 38.1 Å². The fourth-order valence-corrected chi connectivity index (χ4v) is 10.2. The van der Waals surface area contributed by atoms with Gasteiger partial charge in [0, 0.05) is 61.9 Å². The molecule has 0 spiro atoms. The molecule has 2 aromatic rings. The molecule has 4 rings (SSSR count). The summed E-state index contributed by atoms with van der Waals surface area (Å²) < 4.78 is 25.0. The highest BCUT2D eigenvalue weighted by Crippen LogP contribution is 2.79. The van der Waals surface area contributed by atoms with Gasteiger partial charge in [-0.1, -0.05) is 64.1 Å². The Balaban J connectivity index is 1.88. The lowest BCUT2D eigenvalue weighted by molar-refractivity contribution is 0.294. The molecular weight excluding hydrogens is 450 g/mol. The molecule has 0 unspecified atom stereocenters. The predicted octanol–water partition coefficient (Wildman–Crippen LogP) is 7.41. The van der Waals surface area contributed by atoms with Gasteiger partial charge in [-0.3, -0.25) is 4.57 Å². The summed E-state index contributed by atoms with van der Waals surface area (Å²) in [7, 11) is 2.32. The molecule has 0 N–H and O–H groups in total. The third-order valence-electron chi connectivity index (χ3n) is 7.13. The molecule has 5 nitrogen and oxygen atoms in total. The molecule has 176 valence electrons. The SMILES string of the molecule is COP(=O)(OC)P(/C=C1\N(C)c2ccccc2C1(C)C)/C=C1\N(C)c2ccccc2C1(C)C. The van der Waals surface area contributed by atoms with Crippen LogP contribution in [0.25, 0.3) is 0 Å². The summed E-state index contributed by atoms with van der Waals surface area (Å²) in [5.41, 5.74) is 6.63. The largest absolute Gasteiger partial charge is 0.356 e. The van der Waals surface area contributed by atoms with Crippen LogP contribution in [0.3, 0.4) is 0 Å². The smallest absolute Gasteiger partial charge is 0.347 e. The number of benzene rings is 2. The van der Waals surface area contributed by atoms with Crippen molar-refractivity contribution in [3.8, 4) is 0 Å². The number of allylic oxidation sites excluding steroid dienone is 2. The second-order valence-corrected chi connectivity index (χ2v) is 15.4. The molecular formula is C26H34N2O3P2. The van der Waals surface area contributed by atoms with Gasteiger partial charge in [0.15, 0.2) is 0 Å². The normalized spacial score (nSPS) is 21.2. The molecule has 0 aromatic heterocycles. The van der Waals surface area contributed by atoms with E-state index in [1.807, 2.05) is 0 Å². The first-order valence-corrected chi connectivity index (χ1v) is 14.8. The number of hydrogen-bond acceptors (Lipinski definition) is 5. The standard InChI is InChI=1S/C26H34N2O3P2/c1-25(2)19-13-9-11-15-21(19)27(5)23(25)17-32(33(29,30-7)31-8)18-24-26(3,4)20-14-10-12-16-22(20)28(24)6/h9-18H,1-8H3/b23-17-,24-18-. The van der Waals surface area contributed by atoms with Crippen LogP contribution < -0.4 is 9.80 Å². The van der Waals surface area contributed by atoms with E-state index in [1.165, 1.54) is 36.7 Å². The number of rotatable bonds is 5. The maximum atomic E-state index is 13.9. The second-order valence-electron chi connectivity index (χ2n) is 9.64. The van der Waals surface area contributed by atoms with Gasteiger partial charge in [-0.25, -0.2) is 0 Å². The lowest BCUT2D eigenvalue weighted by Crippen LogP contribution is -2.23. The van der Waals surface area contributed by atoms with Crippen LogP contribution in [0.1, 0.15) is 38.8 Å². The Morgan fingerprint density at radius 3 is 1.45 bits per heavy atom. The van der Waals surface area contributed by atoms with Gasteiger partial charge in [0.25, 0.3) is 0 Å². The minimum Gasteiger partial charge on any atom is -0.347 e. The third-order valence-corrected chi connectivity index (χ3v) is 13.0. The van der Waals surface area contributed by atoms with Crippen molar-refractivity contribution in [1.29, 1.82) is 0 Å². The predicted molar refractivity (Wildman–Crippen MR) is 140 cm³/mol. The fourth-order valence-electron chi connectivity index (χ4n) is 5.15. The Morgan fingerprint density at radius 1 is 0.758 bits per heavy atom. The topological polar surface area (TPSA) is 42.0 Å². The summed E-state index contributed by atoms with van der Waals surface area (Å²) in [6, 6.07) is 16.9. The van der Waals surface area contributed by atoms with E-state index in [0.29, 0.717) is 0 Å². The van der Waals surface area contributed by atoms with E-state index in [4.69, 9.17) is 9.05 Å². The Bertz CT molecular complexity index is 1100. The Hall–Kier alpha value is -1.90. The van der Waals surface area contributed by atoms with Crippen LogP contribution in [-0.2, 0) is 24.4 Å². The van der Waals surface area contributed by atoms with Crippen molar-refractivity contribution in [3.05, 3.63) is 82.7 Å². The number of nitrogens with zero attached hydrogens (tertiary/aromatic N) is 2. The van der Waals surface area contributed by atoms with Gasteiger partial charge in [-0.15, -0.1) is 0 Å². The van der Waals surface area contributed by atoms with Crippen molar-refractivity contribution >= 4 is 26.3 Å². The van der Waals surface area contributed by atoms with Gasteiger partial charge in [-0.2, -0.15) is 0 Å². The van der Waals surface area contributed by atoms with Gasteiger partial charge >= 0.3 is 7.28 Å².